The van der Waals surface area contributed by atoms with E-state index in [-0.39, 0.29) is 0 Å². The van der Waals surface area contributed by atoms with Crippen molar-refractivity contribution in [1.82, 2.24) is 4.98 Å². The molecule has 1 nitrogen and oxygen atoms in total. The van der Waals surface area contributed by atoms with Crippen LogP contribution in [0.5, 0.6) is 0 Å². The highest BCUT2D eigenvalue weighted by Gasteiger charge is 2.12. The van der Waals surface area contributed by atoms with Crippen LogP contribution in [0.4, 0.5) is 0 Å². The fourth-order valence-electron chi connectivity index (χ4n) is 2.02. The second kappa shape index (κ2) is 5.34. The highest BCUT2D eigenvalue weighted by Crippen LogP contribution is 2.27. The number of hydrogen-bond donors (Lipinski definition) is 0. The van der Waals surface area contributed by atoms with Crippen molar-refractivity contribution in [1.29, 1.82) is 0 Å². The summed E-state index contributed by atoms with van der Waals surface area (Å²) in [4.78, 5) is 4.45. The molecule has 0 saturated carbocycles. The highest BCUT2D eigenvalue weighted by atomic mass is 14.7. The zero-order valence-corrected chi connectivity index (χ0v) is 11.5. The van der Waals surface area contributed by atoms with Crippen LogP contribution in [0, 0.1) is 5.41 Å². The summed E-state index contributed by atoms with van der Waals surface area (Å²) in [5.74, 6) is 0. The van der Waals surface area contributed by atoms with Crippen LogP contribution < -0.4 is 0 Å². The van der Waals surface area contributed by atoms with Crippen LogP contribution in [0.15, 0.2) is 48.7 Å². The summed E-state index contributed by atoms with van der Waals surface area (Å²) < 4.78 is 0. The van der Waals surface area contributed by atoms with Crippen molar-refractivity contribution in [2.45, 2.75) is 33.6 Å². The van der Waals surface area contributed by atoms with E-state index < -0.39 is 0 Å². The lowest BCUT2D eigenvalue weighted by molar-refractivity contribution is 0.378. The highest BCUT2D eigenvalue weighted by molar-refractivity contribution is 5.63. The summed E-state index contributed by atoms with van der Waals surface area (Å²) in [5.41, 5.74) is 4.10. The molecule has 1 aromatic heterocycles. The maximum Gasteiger partial charge on any atom is 0.0704 e. The molecular formula is C17H21N. The fraction of sp³-hybridized carbons (Fsp3) is 0.353. The number of rotatable bonds is 3. The van der Waals surface area contributed by atoms with Gasteiger partial charge >= 0.3 is 0 Å². The van der Waals surface area contributed by atoms with Gasteiger partial charge in [-0.15, -0.1) is 0 Å². The Bertz CT molecular complexity index is 495. The Kier molecular flexibility index (Phi) is 3.81. The van der Waals surface area contributed by atoms with Gasteiger partial charge in [0, 0.05) is 11.8 Å². The van der Waals surface area contributed by atoms with E-state index in [0.29, 0.717) is 5.41 Å². The standard InChI is InChI=1S/C17H21N/c1-17(2,3)12-11-14-8-4-5-9-15(14)16-10-6-7-13-18-16/h4-10,13H,11-12H2,1-3H3. The average molecular weight is 239 g/mol. The van der Waals surface area contributed by atoms with Gasteiger partial charge in [-0.2, -0.15) is 0 Å². The molecule has 0 radical (unpaired) electrons. The fourth-order valence-corrected chi connectivity index (χ4v) is 2.02. The molecule has 2 rings (SSSR count). The second-order valence-corrected chi connectivity index (χ2v) is 5.93. The summed E-state index contributed by atoms with van der Waals surface area (Å²) in [6.45, 7) is 6.86. The summed E-state index contributed by atoms with van der Waals surface area (Å²) in [7, 11) is 0. The molecule has 0 fully saturated rings. The number of benzene rings is 1. The minimum Gasteiger partial charge on any atom is -0.256 e. The molecular weight excluding hydrogens is 218 g/mol. The topological polar surface area (TPSA) is 12.9 Å². The summed E-state index contributed by atoms with van der Waals surface area (Å²) in [5, 5.41) is 0. The quantitative estimate of drug-likeness (QED) is 0.754. The summed E-state index contributed by atoms with van der Waals surface area (Å²) in [6, 6.07) is 14.7. The zero-order valence-electron chi connectivity index (χ0n) is 11.5. The Morgan fingerprint density at radius 2 is 1.67 bits per heavy atom. The van der Waals surface area contributed by atoms with Gasteiger partial charge in [0.15, 0.2) is 0 Å². The first kappa shape index (κ1) is 12.8. The van der Waals surface area contributed by atoms with E-state index >= 15 is 0 Å². The largest absolute Gasteiger partial charge is 0.256 e. The van der Waals surface area contributed by atoms with E-state index in [1.165, 1.54) is 17.5 Å². The molecule has 0 saturated heterocycles. The smallest absolute Gasteiger partial charge is 0.0704 e. The van der Waals surface area contributed by atoms with Gasteiger partial charge in [0.25, 0.3) is 0 Å². The number of nitrogens with zero attached hydrogens (tertiary/aromatic N) is 1. The van der Waals surface area contributed by atoms with Gasteiger partial charge in [0.05, 0.1) is 5.69 Å². The third-order valence-corrected chi connectivity index (χ3v) is 3.10. The van der Waals surface area contributed by atoms with Crippen molar-refractivity contribution in [3.63, 3.8) is 0 Å². The lowest BCUT2D eigenvalue weighted by Gasteiger charge is -2.19. The van der Waals surface area contributed by atoms with Crippen molar-refractivity contribution in [2.75, 3.05) is 0 Å². The molecule has 0 bridgehead atoms. The van der Waals surface area contributed by atoms with Crippen molar-refractivity contribution in [3.8, 4) is 11.3 Å². The lowest BCUT2D eigenvalue weighted by atomic mass is 9.87. The van der Waals surface area contributed by atoms with Crippen LogP contribution >= 0.6 is 0 Å². The molecule has 0 amide bonds. The van der Waals surface area contributed by atoms with Crippen LogP contribution in [-0.2, 0) is 6.42 Å². The molecule has 1 heterocycles. The van der Waals surface area contributed by atoms with Crippen LogP contribution in [0.3, 0.4) is 0 Å². The number of pyridine rings is 1. The Morgan fingerprint density at radius 3 is 2.33 bits per heavy atom. The molecule has 1 heteroatoms. The minimum absolute atomic E-state index is 0.372. The Morgan fingerprint density at radius 1 is 0.944 bits per heavy atom. The predicted octanol–water partition coefficient (Wildman–Crippen LogP) is 4.73. The molecule has 0 aliphatic carbocycles. The Hall–Kier alpha value is -1.63. The van der Waals surface area contributed by atoms with Gasteiger partial charge < -0.3 is 0 Å². The maximum absolute atomic E-state index is 4.45. The van der Waals surface area contributed by atoms with E-state index in [2.05, 4.69) is 56.1 Å². The third-order valence-electron chi connectivity index (χ3n) is 3.10. The Labute approximate surface area is 110 Å². The van der Waals surface area contributed by atoms with Crippen molar-refractivity contribution in [2.24, 2.45) is 5.41 Å². The van der Waals surface area contributed by atoms with Gasteiger partial charge in [0.1, 0.15) is 0 Å². The first-order valence-corrected chi connectivity index (χ1v) is 6.55. The number of hydrogen-bond acceptors (Lipinski definition) is 1. The van der Waals surface area contributed by atoms with Crippen LogP contribution in [0.25, 0.3) is 11.3 Å². The van der Waals surface area contributed by atoms with Crippen LogP contribution in [0.1, 0.15) is 32.8 Å². The normalized spacial score (nSPS) is 11.5. The van der Waals surface area contributed by atoms with Crippen LogP contribution in [-0.4, -0.2) is 4.98 Å². The van der Waals surface area contributed by atoms with Gasteiger partial charge in [-0.3, -0.25) is 4.98 Å². The molecule has 0 aliphatic heterocycles. The van der Waals surface area contributed by atoms with Crippen molar-refractivity contribution in [3.05, 3.63) is 54.2 Å². The Balaban J connectivity index is 2.27. The second-order valence-electron chi connectivity index (χ2n) is 5.93. The summed E-state index contributed by atoms with van der Waals surface area (Å²) in [6.07, 6.45) is 4.16. The van der Waals surface area contributed by atoms with Crippen molar-refractivity contribution < 1.29 is 0 Å². The van der Waals surface area contributed by atoms with E-state index in [0.717, 1.165) is 12.1 Å². The van der Waals surface area contributed by atoms with Crippen molar-refractivity contribution >= 4 is 0 Å². The molecule has 0 atom stereocenters. The molecule has 2 aromatic rings. The molecule has 18 heavy (non-hydrogen) atoms. The van der Waals surface area contributed by atoms with Crippen LogP contribution in [0.2, 0.25) is 0 Å². The van der Waals surface area contributed by atoms with E-state index in [9.17, 15) is 0 Å². The predicted molar refractivity (Wildman–Crippen MR) is 77.4 cm³/mol. The molecule has 0 unspecified atom stereocenters. The zero-order chi connectivity index (χ0) is 13.0. The first-order valence-electron chi connectivity index (χ1n) is 6.55. The van der Waals surface area contributed by atoms with Gasteiger partial charge in [-0.1, -0.05) is 51.1 Å². The lowest BCUT2D eigenvalue weighted by Crippen LogP contribution is -2.07. The van der Waals surface area contributed by atoms with E-state index in [1.54, 1.807) is 0 Å². The number of aromatic nitrogens is 1. The minimum atomic E-state index is 0.372. The van der Waals surface area contributed by atoms with E-state index in [4.69, 9.17) is 0 Å². The number of aryl methyl sites for hydroxylation is 1. The van der Waals surface area contributed by atoms with E-state index in [1.807, 2.05) is 18.3 Å². The molecule has 1 aromatic carbocycles. The molecule has 94 valence electrons. The first-order chi connectivity index (χ1) is 8.56. The van der Waals surface area contributed by atoms with Gasteiger partial charge in [0.2, 0.25) is 0 Å². The average Bonchev–Trinajstić information content (AvgIpc) is 2.37. The monoisotopic (exact) mass is 239 g/mol. The van der Waals surface area contributed by atoms with Gasteiger partial charge in [-0.25, -0.2) is 0 Å². The molecule has 0 aliphatic rings. The van der Waals surface area contributed by atoms with Gasteiger partial charge in [-0.05, 0) is 36.0 Å². The molecule has 0 spiro atoms. The maximum atomic E-state index is 4.45. The summed E-state index contributed by atoms with van der Waals surface area (Å²) >= 11 is 0. The SMILES string of the molecule is CC(C)(C)CCc1ccccc1-c1ccccn1. The molecule has 0 N–H and O–H groups in total. The third kappa shape index (κ3) is 3.43.